The molecule has 1 aliphatic rings. The van der Waals surface area contributed by atoms with Gasteiger partial charge in [0.1, 0.15) is 5.69 Å². The molecule has 0 atom stereocenters. The van der Waals surface area contributed by atoms with Crippen molar-refractivity contribution in [2.75, 3.05) is 41.3 Å². The number of piperazine rings is 1. The molecular formula is C25H19ClF5N3O. The third-order valence-electron chi connectivity index (χ3n) is 5.58. The second kappa shape index (κ2) is 10.4. The van der Waals surface area contributed by atoms with Gasteiger partial charge in [-0.2, -0.15) is 0 Å². The monoisotopic (exact) mass is 507 g/mol. The molecule has 0 aromatic heterocycles. The van der Waals surface area contributed by atoms with Crippen LogP contribution in [0.15, 0.2) is 54.6 Å². The lowest BCUT2D eigenvalue weighted by molar-refractivity contribution is -0.111. The van der Waals surface area contributed by atoms with E-state index in [4.69, 9.17) is 11.6 Å². The molecule has 0 unspecified atom stereocenters. The maximum atomic E-state index is 14.1. The number of halogens is 6. The van der Waals surface area contributed by atoms with Crippen molar-refractivity contribution in [1.29, 1.82) is 0 Å². The zero-order valence-corrected chi connectivity index (χ0v) is 18.9. The summed E-state index contributed by atoms with van der Waals surface area (Å²) in [5.41, 5.74) is 1.27. The number of rotatable bonds is 5. The normalized spacial score (nSPS) is 14.0. The Labute approximate surface area is 203 Å². The van der Waals surface area contributed by atoms with Gasteiger partial charge in [-0.1, -0.05) is 23.7 Å². The van der Waals surface area contributed by atoms with E-state index in [-0.39, 0.29) is 19.0 Å². The lowest BCUT2D eigenvalue weighted by atomic mass is 10.2. The first-order chi connectivity index (χ1) is 16.7. The Balaban J connectivity index is 1.36. The molecule has 10 heteroatoms. The Bertz CT molecular complexity index is 1230. The quantitative estimate of drug-likeness (QED) is 0.199. The van der Waals surface area contributed by atoms with Crippen molar-refractivity contribution < 1.29 is 26.7 Å². The number of hydrogen-bond acceptors (Lipinski definition) is 3. The van der Waals surface area contributed by atoms with Crippen molar-refractivity contribution in [3.63, 3.8) is 0 Å². The van der Waals surface area contributed by atoms with Crippen molar-refractivity contribution in [2.24, 2.45) is 0 Å². The fraction of sp³-hybridized carbons (Fsp3) is 0.160. The molecule has 4 nitrogen and oxygen atoms in total. The number of benzene rings is 3. The molecule has 0 radical (unpaired) electrons. The first kappa shape index (κ1) is 24.5. The standard InChI is InChI=1S/C25H19ClF5N3O/c26-16-4-1-15(2-5-16)3-10-19(35)32-17-6-8-18(9-7-17)33-11-13-34(14-12-33)25-23(30)21(28)20(27)22(29)24(25)31/h1-10H,11-14H2,(H,32,35). The third kappa shape index (κ3) is 5.40. The summed E-state index contributed by atoms with van der Waals surface area (Å²) in [6.07, 6.45) is 3.06. The molecule has 3 aromatic carbocycles. The maximum absolute atomic E-state index is 14.1. The minimum Gasteiger partial charge on any atom is -0.368 e. The molecule has 35 heavy (non-hydrogen) atoms. The summed E-state index contributed by atoms with van der Waals surface area (Å²) in [4.78, 5) is 15.2. The predicted molar refractivity (Wildman–Crippen MR) is 126 cm³/mol. The molecule has 1 N–H and O–H groups in total. The number of nitrogens with one attached hydrogen (secondary N) is 1. The van der Waals surface area contributed by atoms with Crippen LogP contribution in [0.3, 0.4) is 0 Å². The summed E-state index contributed by atoms with van der Waals surface area (Å²) in [5.74, 6) is -10.1. The van der Waals surface area contributed by atoms with Crippen molar-refractivity contribution in [3.05, 3.63) is 94.3 Å². The summed E-state index contributed by atoms with van der Waals surface area (Å²) in [6.45, 7) is 0.725. The zero-order chi connectivity index (χ0) is 25.1. The number of hydrogen-bond donors (Lipinski definition) is 1. The van der Waals surface area contributed by atoms with Gasteiger partial charge in [-0.3, -0.25) is 4.79 Å². The molecule has 4 rings (SSSR count). The van der Waals surface area contributed by atoms with Gasteiger partial charge in [0.05, 0.1) is 0 Å². The van der Waals surface area contributed by atoms with Gasteiger partial charge in [0, 0.05) is 48.7 Å². The van der Waals surface area contributed by atoms with Crippen molar-refractivity contribution >= 4 is 40.6 Å². The van der Waals surface area contributed by atoms with Gasteiger partial charge in [0.25, 0.3) is 0 Å². The highest BCUT2D eigenvalue weighted by Crippen LogP contribution is 2.31. The number of carbonyl (C=O) groups is 1. The second-order valence-electron chi connectivity index (χ2n) is 7.81. The molecule has 1 aliphatic heterocycles. The van der Waals surface area contributed by atoms with Gasteiger partial charge in [-0.15, -0.1) is 0 Å². The van der Waals surface area contributed by atoms with Crippen LogP contribution in [0.4, 0.5) is 39.0 Å². The van der Waals surface area contributed by atoms with E-state index in [0.29, 0.717) is 23.8 Å². The van der Waals surface area contributed by atoms with E-state index in [2.05, 4.69) is 5.32 Å². The van der Waals surface area contributed by atoms with Gasteiger partial charge in [0.15, 0.2) is 23.3 Å². The topological polar surface area (TPSA) is 35.6 Å². The summed E-state index contributed by atoms with van der Waals surface area (Å²) in [5, 5.41) is 3.35. The van der Waals surface area contributed by atoms with Crippen LogP contribution in [0.2, 0.25) is 5.02 Å². The van der Waals surface area contributed by atoms with Crippen LogP contribution in [-0.4, -0.2) is 32.1 Å². The Morgan fingerprint density at radius 3 is 1.83 bits per heavy atom. The van der Waals surface area contributed by atoms with E-state index < -0.39 is 34.8 Å². The first-order valence-electron chi connectivity index (χ1n) is 10.6. The Morgan fingerprint density at radius 1 is 0.743 bits per heavy atom. The van der Waals surface area contributed by atoms with Crippen LogP contribution in [0.1, 0.15) is 5.56 Å². The van der Waals surface area contributed by atoms with Gasteiger partial charge in [0.2, 0.25) is 11.7 Å². The molecule has 1 amide bonds. The summed E-state index contributed by atoms with van der Waals surface area (Å²) in [6, 6.07) is 14.0. The fourth-order valence-corrected chi connectivity index (χ4v) is 3.87. The van der Waals surface area contributed by atoms with Crippen LogP contribution < -0.4 is 15.1 Å². The SMILES string of the molecule is O=C(C=Cc1ccc(Cl)cc1)Nc1ccc(N2CCN(c3c(F)c(F)c(F)c(F)c3F)CC2)cc1. The smallest absolute Gasteiger partial charge is 0.248 e. The molecule has 0 spiro atoms. The molecule has 182 valence electrons. The maximum Gasteiger partial charge on any atom is 0.248 e. The van der Waals surface area contributed by atoms with Gasteiger partial charge in [-0.25, -0.2) is 22.0 Å². The Kier molecular flexibility index (Phi) is 7.25. The van der Waals surface area contributed by atoms with Gasteiger partial charge in [-0.05, 0) is 48.0 Å². The molecule has 1 fully saturated rings. The van der Waals surface area contributed by atoms with Gasteiger partial charge >= 0.3 is 0 Å². The number of anilines is 3. The van der Waals surface area contributed by atoms with E-state index in [0.717, 1.165) is 16.2 Å². The average molecular weight is 508 g/mol. The molecule has 1 saturated heterocycles. The highest BCUT2D eigenvalue weighted by molar-refractivity contribution is 6.30. The van der Waals surface area contributed by atoms with Crippen LogP contribution in [-0.2, 0) is 4.79 Å². The highest BCUT2D eigenvalue weighted by atomic mass is 35.5. The summed E-state index contributed by atoms with van der Waals surface area (Å²) in [7, 11) is 0. The third-order valence-corrected chi connectivity index (χ3v) is 5.83. The van der Waals surface area contributed by atoms with Crippen LogP contribution in [0, 0.1) is 29.1 Å². The lowest BCUT2D eigenvalue weighted by Crippen LogP contribution is -2.47. The van der Waals surface area contributed by atoms with Gasteiger partial charge < -0.3 is 15.1 Å². The molecule has 0 bridgehead atoms. The van der Waals surface area contributed by atoms with Crippen LogP contribution >= 0.6 is 11.6 Å². The number of amides is 1. The van der Waals surface area contributed by atoms with Crippen molar-refractivity contribution in [1.82, 2.24) is 0 Å². The number of carbonyl (C=O) groups excluding carboxylic acids is 1. The van der Waals surface area contributed by atoms with Crippen molar-refractivity contribution in [3.8, 4) is 0 Å². The first-order valence-corrected chi connectivity index (χ1v) is 11.0. The Morgan fingerprint density at radius 2 is 1.26 bits per heavy atom. The minimum atomic E-state index is -2.17. The van der Waals surface area contributed by atoms with E-state index in [9.17, 15) is 26.7 Å². The molecule has 0 aliphatic carbocycles. The fourth-order valence-electron chi connectivity index (χ4n) is 3.74. The van der Waals surface area contributed by atoms with Crippen LogP contribution in [0.5, 0.6) is 0 Å². The van der Waals surface area contributed by atoms with E-state index in [1.165, 1.54) is 6.08 Å². The average Bonchev–Trinajstić information content (AvgIpc) is 2.87. The predicted octanol–water partition coefficient (Wildman–Crippen LogP) is 6.01. The van der Waals surface area contributed by atoms with E-state index in [1.54, 1.807) is 54.6 Å². The highest BCUT2D eigenvalue weighted by Gasteiger charge is 2.30. The van der Waals surface area contributed by atoms with E-state index >= 15 is 0 Å². The Hall–Kier alpha value is -3.59. The largest absolute Gasteiger partial charge is 0.368 e. The van der Waals surface area contributed by atoms with E-state index in [1.807, 2.05) is 4.90 Å². The second-order valence-corrected chi connectivity index (χ2v) is 8.25. The molecule has 0 saturated carbocycles. The minimum absolute atomic E-state index is 0.0618. The summed E-state index contributed by atoms with van der Waals surface area (Å²) < 4.78 is 68.6. The molecular weight excluding hydrogens is 489 g/mol. The lowest BCUT2D eigenvalue weighted by Gasteiger charge is -2.37. The number of nitrogens with zero attached hydrogens (tertiary/aromatic N) is 2. The van der Waals surface area contributed by atoms with Crippen LogP contribution in [0.25, 0.3) is 6.08 Å². The summed E-state index contributed by atoms with van der Waals surface area (Å²) >= 11 is 5.84. The molecule has 3 aromatic rings. The van der Waals surface area contributed by atoms with Crippen molar-refractivity contribution in [2.45, 2.75) is 0 Å². The molecule has 1 heterocycles. The zero-order valence-electron chi connectivity index (χ0n) is 18.2.